The van der Waals surface area contributed by atoms with Crippen molar-refractivity contribution >= 4 is 17.8 Å². The Morgan fingerprint density at radius 1 is 1.24 bits per heavy atom. The van der Waals surface area contributed by atoms with Gasteiger partial charge >= 0.3 is 5.91 Å². The van der Waals surface area contributed by atoms with Crippen LogP contribution in [0.3, 0.4) is 0 Å². The van der Waals surface area contributed by atoms with Crippen LogP contribution in [0.4, 0.5) is 5.69 Å². The van der Waals surface area contributed by atoms with Crippen LogP contribution in [0.1, 0.15) is 5.56 Å². The average molecular weight is 285 g/mol. The first-order valence-corrected chi connectivity index (χ1v) is 6.15. The zero-order valence-electron chi connectivity index (χ0n) is 11.0. The van der Waals surface area contributed by atoms with Gasteiger partial charge in [0.2, 0.25) is 6.54 Å². The van der Waals surface area contributed by atoms with Crippen LogP contribution in [-0.2, 0) is 11.3 Å². The normalized spacial score (nSPS) is 10.5. The quantitative estimate of drug-likeness (QED) is 0.385. The lowest BCUT2D eigenvalue weighted by Gasteiger charge is -1.96. The van der Waals surface area contributed by atoms with Gasteiger partial charge in [0.1, 0.15) is 0 Å². The van der Waals surface area contributed by atoms with Gasteiger partial charge in [-0.3, -0.25) is 14.9 Å². The number of amides is 1. The number of benzene rings is 1. The number of aromatic nitrogens is 1. The summed E-state index contributed by atoms with van der Waals surface area (Å²) in [7, 11) is 0. The Morgan fingerprint density at radius 3 is 2.52 bits per heavy atom. The smallest absolute Gasteiger partial charge is 0.266 e. The Labute approximate surface area is 120 Å². The van der Waals surface area contributed by atoms with Gasteiger partial charge in [0.15, 0.2) is 12.4 Å². The second kappa shape index (κ2) is 6.90. The fourth-order valence-electron chi connectivity index (χ4n) is 1.60. The zero-order valence-corrected chi connectivity index (χ0v) is 11.0. The standard InChI is InChI=1S/C14H12N4O3/c19-14(11-17-8-2-1-3-9-17)16-15-10-12-4-6-13(7-5-12)18(20)21/h1-10H,11H2/p+1. The number of non-ortho nitro benzene ring substituents is 1. The molecule has 0 aliphatic heterocycles. The molecule has 0 saturated heterocycles. The predicted octanol–water partition coefficient (Wildman–Crippen LogP) is 1.03. The van der Waals surface area contributed by atoms with Crippen LogP contribution in [0.5, 0.6) is 0 Å². The van der Waals surface area contributed by atoms with Crippen molar-refractivity contribution in [3.63, 3.8) is 0 Å². The summed E-state index contributed by atoms with van der Waals surface area (Å²) in [6, 6.07) is 11.4. The van der Waals surface area contributed by atoms with Crippen LogP contribution in [0, 0.1) is 10.1 Å². The molecule has 2 aromatic rings. The van der Waals surface area contributed by atoms with Gasteiger partial charge in [-0.25, -0.2) is 5.43 Å². The molecule has 0 aliphatic rings. The van der Waals surface area contributed by atoms with Gasteiger partial charge in [0.25, 0.3) is 5.69 Å². The van der Waals surface area contributed by atoms with Gasteiger partial charge in [0, 0.05) is 24.3 Å². The van der Waals surface area contributed by atoms with Crippen molar-refractivity contribution in [2.24, 2.45) is 5.10 Å². The third kappa shape index (κ3) is 4.50. The molecule has 0 bridgehead atoms. The Kier molecular flexibility index (Phi) is 4.70. The first-order valence-electron chi connectivity index (χ1n) is 6.15. The Morgan fingerprint density at radius 2 is 1.90 bits per heavy atom. The van der Waals surface area contributed by atoms with Gasteiger partial charge < -0.3 is 0 Å². The van der Waals surface area contributed by atoms with Crippen molar-refractivity contribution < 1.29 is 14.3 Å². The van der Waals surface area contributed by atoms with Crippen LogP contribution in [-0.4, -0.2) is 17.0 Å². The first-order chi connectivity index (χ1) is 10.1. The van der Waals surface area contributed by atoms with Gasteiger partial charge in [0.05, 0.1) is 11.1 Å². The molecule has 0 atom stereocenters. The number of rotatable bonds is 5. The molecular weight excluding hydrogens is 272 g/mol. The summed E-state index contributed by atoms with van der Waals surface area (Å²) < 4.78 is 1.72. The molecule has 1 N–H and O–H groups in total. The van der Waals surface area contributed by atoms with Crippen LogP contribution in [0.2, 0.25) is 0 Å². The van der Waals surface area contributed by atoms with Crippen LogP contribution >= 0.6 is 0 Å². The third-order valence-corrected chi connectivity index (χ3v) is 2.61. The maximum atomic E-state index is 11.6. The van der Waals surface area contributed by atoms with E-state index in [1.165, 1.54) is 18.3 Å². The van der Waals surface area contributed by atoms with Gasteiger partial charge in [-0.05, 0) is 17.7 Å². The molecule has 0 saturated carbocycles. The van der Waals surface area contributed by atoms with Crippen LogP contribution in [0.15, 0.2) is 60.0 Å². The maximum Gasteiger partial charge on any atom is 0.305 e. The monoisotopic (exact) mass is 285 g/mol. The average Bonchev–Trinajstić information content (AvgIpc) is 2.49. The highest BCUT2D eigenvalue weighted by atomic mass is 16.6. The lowest BCUT2D eigenvalue weighted by atomic mass is 10.2. The third-order valence-electron chi connectivity index (χ3n) is 2.61. The number of hydrazone groups is 1. The molecule has 0 radical (unpaired) electrons. The fourth-order valence-corrected chi connectivity index (χ4v) is 1.60. The molecule has 7 nitrogen and oxygen atoms in total. The van der Waals surface area contributed by atoms with Crippen molar-refractivity contribution in [1.29, 1.82) is 0 Å². The Hall–Kier alpha value is -3.09. The topological polar surface area (TPSA) is 88.5 Å². The minimum Gasteiger partial charge on any atom is -0.266 e. The molecule has 0 unspecified atom stereocenters. The van der Waals surface area contributed by atoms with E-state index in [4.69, 9.17) is 0 Å². The summed E-state index contributed by atoms with van der Waals surface area (Å²) >= 11 is 0. The molecule has 1 aromatic heterocycles. The SMILES string of the molecule is O=C(C[n+]1ccccc1)NN=Cc1ccc([N+](=O)[O-])cc1. The molecule has 0 spiro atoms. The number of hydrogen-bond acceptors (Lipinski definition) is 4. The minimum atomic E-state index is -0.472. The number of pyridine rings is 1. The molecule has 21 heavy (non-hydrogen) atoms. The number of hydrogen-bond donors (Lipinski definition) is 1. The van der Waals surface area contributed by atoms with E-state index < -0.39 is 4.92 Å². The van der Waals surface area contributed by atoms with Crippen molar-refractivity contribution in [1.82, 2.24) is 5.43 Å². The number of nitro benzene ring substituents is 1. The zero-order chi connectivity index (χ0) is 15.1. The summed E-state index contributed by atoms with van der Waals surface area (Å²) in [4.78, 5) is 21.6. The molecule has 1 amide bonds. The Balaban J connectivity index is 1.87. The number of carbonyl (C=O) groups excluding carboxylic acids is 1. The highest BCUT2D eigenvalue weighted by Crippen LogP contribution is 2.10. The summed E-state index contributed by atoms with van der Waals surface area (Å²) in [6.07, 6.45) is 4.98. The van der Waals surface area contributed by atoms with E-state index in [0.29, 0.717) is 5.56 Å². The maximum absolute atomic E-state index is 11.6. The number of carbonyl (C=O) groups is 1. The lowest BCUT2D eigenvalue weighted by Crippen LogP contribution is -2.40. The largest absolute Gasteiger partial charge is 0.305 e. The second-order valence-corrected chi connectivity index (χ2v) is 4.19. The molecule has 106 valence electrons. The van der Waals surface area contributed by atoms with E-state index in [-0.39, 0.29) is 18.1 Å². The van der Waals surface area contributed by atoms with Crippen LogP contribution < -0.4 is 9.99 Å². The van der Waals surface area contributed by atoms with Crippen LogP contribution in [0.25, 0.3) is 0 Å². The molecule has 1 heterocycles. The minimum absolute atomic E-state index is 0.0108. The molecule has 7 heteroatoms. The molecular formula is C14H13N4O3+. The number of nitrogens with one attached hydrogen (secondary N) is 1. The highest BCUT2D eigenvalue weighted by Gasteiger charge is 2.06. The summed E-state index contributed by atoms with van der Waals surface area (Å²) in [5.41, 5.74) is 3.06. The van der Waals surface area contributed by atoms with E-state index in [1.54, 1.807) is 29.1 Å². The van der Waals surface area contributed by atoms with Crippen molar-refractivity contribution in [3.05, 3.63) is 70.5 Å². The highest BCUT2D eigenvalue weighted by molar-refractivity contribution is 5.82. The summed E-state index contributed by atoms with van der Waals surface area (Å²) in [5.74, 6) is -0.260. The van der Waals surface area contributed by atoms with Gasteiger partial charge in [-0.1, -0.05) is 6.07 Å². The summed E-state index contributed by atoms with van der Waals surface area (Å²) in [5, 5.41) is 14.3. The van der Waals surface area contributed by atoms with E-state index in [9.17, 15) is 14.9 Å². The van der Waals surface area contributed by atoms with E-state index in [2.05, 4.69) is 10.5 Å². The molecule has 0 aliphatic carbocycles. The van der Waals surface area contributed by atoms with Crippen molar-refractivity contribution in [3.8, 4) is 0 Å². The number of nitrogens with zero attached hydrogens (tertiary/aromatic N) is 3. The predicted molar refractivity (Wildman–Crippen MR) is 75.5 cm³/mol. The van der Waals surface area contributed by atoms with E-state index >= 15 is 0 Å². The molecule has 2 rings (SSSR count). The van der Waals surface area contributed by atoms with E-state index in [0.717, 1.165) is 0 Å². The summed E-state index contributed by atoms with van der Waals surface area (Å²) in [6.45, 7) is 0.165. The lowest BCUT2D eigenvalue weighted by molar-refractivity contribution is -0.684. The van der Waals surface area contributed by atoms with Crippen molar-refractivity contribution in [2.45, 2.75) is 6.54 Å². The first kappa shape index (κ1) is 14.3. The fraction of sp³-hybridized carbons (Fsp3) is 0.0714. The molecule has 0 fully saturated rings. The number of nitro groups is 1. The van der Waals surface area contributed by atoms with Crippen molar-refractivity contribution in [2.75, 3.05) is 0 Å². The van der Waals surface area contributed by atoms with E-state index in [1.807, 2.05) is 18.2 Å². The van der Waals surface area contributed by atoms with Gasteiger partial charge in [-0.2, -0.15) is 9.67 Å². The molecule has 1 aromatic carbocycles. The second-order valence-electron chi connectivity index (χ2n) is 4.19. The van der Waals surface area contributed by atoms with Gasteiger partial charge in [-0.15, -0.1) is 0 Å². The Bertz CT molecular complexity index is 654.